The predicted octanol–water partition coefficient (Wildman–Crippen LogP) is 3.97. The Balaban J connectivity index is 1.98. The molecule has 0 radical (unpaired) electrons. The lowest BCUT2D eigenvalue weighted by Gasteiger charge is -2.05. The van der Waals surface area contributed by atoms with Crippen molar-refractivity contribution in [3.05, 3.63) is 95.6 Å². The topological polar surface area (TPSA) is 65.2 Å². The maximum Gasteiger partial charge on any atom is 0.124 e. The molecule has 118 valence electrons. The second-order valence-electron chi connectivity index (χ2n) is 5.16. The van der Waals surface area contributed by atoms with Gasteiger partial charge in [0, 0.05) is 16.7 Å². The van der Waals surface area contributed by atoms with E-state index in [2.05, 4.69) is 10.2 Å². The summed E-state index contributed by atoms with van der Waals surface area (Å²) in [5.41, 5.74) is 3.03. The molecule has 0 spiro atoms. The standard InChI is InChI=1S/C20H16N2O2/c23-18-12-10-16(11-13-18)20(15-6-2-1-3-7-15)22-21-14-17-8-4-5-9-19(17)24/h1-14,23-24H/b21-14+,22-20?. The van der Waals surface area contributed by atoms with E-state index in [4.69, 9.17) is 0 Å². The van der Waals surface area contributed by atoms with Gasteiger partial charge in [0.1, 0.15) is 17.2 Å². The number of hydrogen-bond donors (Lipinski definition) is 2. The zero-order chi connectivity index (χ0) is 16.8. The third-order valence-electron chi connectivity index (χ3n) is 3.48. The molecule has 3 aromatic carbocycles. The molecular formula is C20H16N2O2. The van der Waals surface area contributed by atoms with Crippen LogP contribution in [0.15, 0.2) is 89.1 Å². The van der Waals surface area contributed by atoms with Crippen molar-refractivity contribution < 1.29 is 10.2 Å². The van der Waals surface area contributed by atoms with Crippen LogP contribution in [0.2, 0.25) is 0 Å². The first-order valence-electron chi connectivity index (χ1n) is 7.48. The Kier molecular flexibility index (Phi) is 4.68. The molecule has 24 heavy (non-hydrogen) atoms. The van der Waals surface area contributed by atoms with Crippen LogP contribution in [0.5, 0.6) is 11.5 Å². The van der Waals surface area contributed by atoms with Crippen LogP contribution in [-0.4, -0.2) is 22.1 Å². The maximum atomic E-state index is 9.77. The fraction of sp³-hybridized carbons (Fsp3) is 0. The molecule has 0 aromatic heterocycles. The van der Waals surface area contributed by atoms with Crippen molar-refractivity contribution in [2.75, 3.05) is 0 Å². The summed E-state index contributed by atoms with van der Waals surface area (Å²) in [5, 5.41) is 27.7. The van der Waals surface area contributed by atoms with Crippen molar-refractivity contribution in [1.29, 1.82) is 0 Å². The minimum Gasteiger partial charge on any atom is -0.508 e. The van der Waals surface area contributed by atoms with Crippen LogP contribution in [0, 0.1) is 0 Å². The summed E-state index contributed by atoms with van der Waals surface area (Å²) < 4.78 is 0. The first-order chi connectivity index (χ1) is 11.7. The van der Waals surface area contributed by atoms with Crippen molar-refractivity contribution in [3.63, 3.8) is 0 Å². The Morgan fingerprint density at radius 1 is 0.708 bits per heavy atom. The Morgan fingerprint density at radius 2 is 1.33 bits per heavy atom. The van der Waals surface area contributed by atoms with Gasteiger partial charge in [-0.1, -0.05) is 42.5 Å². The molecule has 4 nitrogen and oxygen atoms in total. The molecule has 0 aliphatic rings. The zero-order valence-electron chi connectivity index (χ0n) is 12.9. The summed E-state index contributed by atoms with van der Waals surface area (Å²) in [4.78, 5) is 0. The monoisotopic (exact) mass is 316 g/mol. The molecule has 4 heteroatoms. The van der Waals surface area contributed by atoms with Crippen LogP contribution >= 0.6 is 0 Å². The molecule has 2 N–H and O–H groups in total. The fourth-order valence-electron chi connectivity index (χ4n) is 2.24. The summed E-state index contributed by atoms with van der Waals surface area (Å²) >= 11 is 0. The molecule has 0 aliphatic carbocycles. The maximum absolute atomic E-state index is 9.77. The average Bonchev–Trinajstić information content (AvgIpc) is 2.62. The largest absolute Gasteiger partial charge is 0.508 e. The highest BCUT2D eigenvalue weighted by molar-refractivity contribution is 6.13. The Bertz CT molecular complexity index is 870. The van der Waals surface area contributed by atoms with Gasteiger partial charge in [0.15, 0.2) is 0 Å². The summed E-state index contributed by atoms with van der Waals surface area (Å²) in [6.07, 6.45) is 1.51. The highest BCUT2D eigenvalue weighted by Gasteiger charge is 2.06. The van der Waals surface area contributed by atoms with Crippen molar-refractivity contribution in [2.24, 2.45) is 10.2 Å². The quantitative estimate of drug-likeness (QED) is 0.565. The lowest BCUT2D eigenvalue weighted by molar-refractivity contribution is 0.474. The predicted molar refractivity (Wildman–Crippen MR) is 95.9 cm³/mol. The molecular weight excluding hydrogens is 300 g/mol. The van der Waals surface area contributed by atoms with E-state index < -0.39 is 0 Å². The Morgan fingerprint density at radius 3 is 2.04 bits per heavy atom. The van der Waals surface area contributed by atoms with Crippen LogP contribution in [0.3, 0.4) is 0 Å². The third kappa shape index (κ3) is 3.67. The molecule has 0 atom stereocenters. The summed E-state index contributed by atoms with van der Waals surface area (Å²) in [7, 11) is 0. The van der Waals surface area contributed by atoms with E-state index in [0.717, 1.165) is 11.1 Å². The highest BCUT2D eigenvalue weighted by Crippen LogP contribution is 2.16. The number of hydrogen-bond acceptors (Lipinski definition) is 4. The highest BCUT2D eigenvalue weighted by atomic mass is 16.3. The van der Waals surface area contributed by atoms with Gasteiger partial charge in [-0.05, 0) is 36.4 Å². The van der Waals surface area contributed by atoms with Gasteiger partial charge in [-0.25, -0.2) is 0 Å². The minimum atomic E-state index is 0.155. The average molecular weight is 316 g/mol. The number of phenolic OH excluding ortho intramolecular Hbond substituents is 2. The SMILES string of the molecule is Oc1ccc(C(=N/N=C/c2ccccc2O)c2ccccc2)cc1. The third-order valence-corrected chi connectivity index (χ3v) is 3.48. The number of rotatable bonds is 4. The second-order valence-corrected chi connectivity index (χ2v) is 5.16. The van der Waals surface area contributed by atoms with E-state index in [1.54, 1.807) is 42.5 Å². The second kappa shape index (κ2) is 7.24. The lowest BCUT2D eigenvalue weighted by Crippen LogP contribution is -2.02. The number of aromatic hydroxyl groups is 2. The van der Waals surface area contributed by atoms with Crippen molar-refractivity contribution in [2.45, 2.75) is 0 Å². The van der Waals surface area contributed by atoms with Gasteiger partial charge >= 0.3 is 0 Å². The minimum absolute atomic E-state index is 0.155. The molecule has 0 amide bonds. The van der Waals surface area contributed by atoms with E-state index in [0.29, 0.717) is 11.3 Å². The molecule has 0 saturated heterocycles. The summed E-state index contributed by atoms with van der Waals surface area (Å²) in [6, 6.07) is 23.4. The van der Waals surface area contributed by atoms with Crippen LogP contribution in [-0.2, 0) is 0 Å². The van der Waals surface area contributed by atoms with Crippen LogP contribution in [0.25, 0.3) is 0 Å². The van der Waals surface area contributed by atoms with E-state index >= 15 is 0 Å². The van der Waals surface area contributed by atoms with Gasteiger partial charge in [-0.15, -0.1) is 5.10 Å². The molecule has 3 rings (SSSR count). The number of nitrogens with zero attached hydrogens (tertiary/aromatic N) is 2. The summed E-state index contributed by atoms with van der Waals surface area (Å²) in [5.74, 6) is 0.353. The van der Waals surface area contributed by atoms with Crippen LogP contribution in [0.1, 0.15) is 16.7 Å². The van der Waals surface area contributed by atoms with Crippen molar-refractivity contribution in [1.82, 2.24) is 0 Å². The molecule has 0 unspecified atom stereocenters. The summed E-state index contributed by atoms with van der Waals surface area (Å²) in [6.45, 7) is 0. The smallest absolute Gasteiger partial charge is 0.124 e. The van der Waals surface area contributed by atoms with E-state index in [9.17, 15) is 10.2 Å². The molecule has 3 aromatic rings. The molecule has 0 fully saturated rings. The van der Waals surface area contributed by atoms with Crippen molar-refractivity contribution in [3.8, 4) is 11.5 Å². The Hall–Kier alpha value is -3.40. The van der Waals surface area contributed by atoms with E-state index in [1.165, 1.54) is 6.21 Å². The van der Waals surface area contributed by atoms with Gasteiger partial charge in [0.25, 0.3) is 0 Å². The first kappa shape index (κ1) is 15.5. The lowest BCUT2D eigenvalue weighted by atomic mass is 10.0. The molecule has 0 saturated carbocycles. The molecule has 0 aliphatic heterocycles. The van der Waals surface area contributed by atoms with Crippen LogP contribution in [0.4, 0.5) is 0 Å². The van der Waals surface area contributed by atoms with Gasteiger partial charge in [0.2, 0.25) is 0 Å². The Labute approximate surface area is 140 Å². The van der Waals surface area contributed by atoms with Gasteiger partial charge in [0.05, 0.1) is 6.21 Å². The molecule has 0 heterocycles. The number of benzene rings is 3. The van der Waals surface area contributed by atoms with Gasteiger partial charge < -0.3 is 10.2 Å². The van der Waals surface area contributed by atoms with Crippen molar-refractivity contribution >= 4 is 11.9 Å². The number of phenols is 2. The number of para-hydroxylation sites is 1. The van der Waals surface area contributed by atoms with Crippen LogP contribution < -0.4 is 0 Å². The van der Waals surface area contributed by atoms with Gasteiger partial charge in [-0.3, -0.25) is 0 Å². The zero-order valence-corrected chi connectivity index (χ0v) is 12.9. The van der Waals surface area contributed by atoms with E-state index in [-0.39, 0.29) is 11.5 Å². The first-order valence-corrected chi connectivity index (χ1v) is 7.48. The van der Waals surface area contributed by atoms with E-state index in [1.807, 2.05) is 36.4 Å². The van der Waals surface area contributed by atoms with Gasteiger partial charge in [-0.2, -0.15) is 5.10 Å². The normalized spacial score (nSPS) is 11.8. The fourth-order valence-corrected chi connectivity index (χ4v) is 2.24. The molecule has 0 bridgehead atoms.